The minimum absolute atomic E-state index is 0.108. The number of nitrogens with two attached hydrogens (primary N) is 1. The number of carbonyl (C=O) groups excluding carboxylic acids is 1. The average molecular weight is 512 g/mol. The molecule has 0 bridgehead atoms. The van der Waals surface area contributed by atoms with Crippen LogP contribution >= 0.6 is 0 Å². The molecular formula is C27H39N6O4+. The van der Waals surface area contributed by atoms with Crippen LogP contribution in [0, 0.1) is 11.3 Å². The molecule has 10 heteroatoms. The standard InChI is InChI=1S/C27H38N6O4/c1-4-6-20(28)22-23(29-3)26(35)31-24(30-22)19-15-18(7-8-21(19)37-5-2)33-13-11-27(12-14-33)10-9-17(16-27)25(34)32-36/h7-8,15,17,28-29,36H,4-6,9-14,16H2,1-3H3,(H,32,34)(H,30,31,35)/p+1. The number of hydrogen-bond donors (Lipinski definition) is 5. The van der Waals surface area contributed by atoms with Crippen LogP contribution in [0.1, 0.15) is 64.5 Å². The molecule has 2 heterocycles. The summed E-state index contributed by atoms with van der Waals surface area (Å²) in [5, 5.41) is 18.3. The first-order valence-corrected chi connectivity index (χ1v) is 13.2. The van der Waals surface area contributed by atoms with E-state index in [4.69, 9.17) is 20.3 Å². The van der Waals surface area contributed by atoms with Crippen LogP contribution in [-0.4, -0.2) is 53.5 Å². The van der Waals surface area contributed by atoms with E-state index in [1.54, 1.807) is 7.05 Å². The number of benzene rings is 1. The summed E-state index contributed by atoms with van der Waals surface area (Å²) < 4.78 is 5.91. The van der Waals surface area contributed by atoms with E-state index >= 15 is 0 Å². The van der Waals surface area contributed by atoms with Crippen molar-refractivity contribution in [1.29, 1.82) is 0 Å². The molecule has 4 rings (SSSR count). The van der Waals surface area contributed by atoms with Gasteiger partial charge in [0.2, 0.25) is 11.6 Å². The van der Waals surface area contributed by atoms with Gasteiger partial charge in [0.05, 0.1) is 12.2 Å². The maximum Gasteiger partial charge on any atom is 0.275 e. The molecule has 2 aliphatic rings. The van der Waals surface area contributed by atoms with Gasteiger partial charge in [-0.25, -0.2) is 10.5 Å². The van der Waals surface area contributed by atoms with Crippen molar-refractivity contribution < 1.29 is 20.1 Å². The lowest BCUT2D eigenvalue weighted by atomic mass is 9.76. The fraction of sp³-hybridized carbons (Fsp3) is 0.556. The topological polar surface area (TPSA) is 145 Å². The van der Waals surface area contributed by atoms with Crippen molar-refractivity contribution in [1.82, 2.24) is 15.4 Å². The molecule has 200 valence electrons. The van der Waals surface area contributed by atoms with Crippen molar-refractivity contribution in [2.75, 3.05) is 37.0 Å². The molecule has 1 unspecified atom stereocenters. The Balaban J connectivity index is 1.62. The van der Waals surface area contributed by atoms with E-state index in [0.29, 0.717) is 47.3 Å². The number of carbonyl (C=O) groups is 1. The van der Waals surface area contributed by atoms with Gasteiger partial charge in [0, 0.05) is 38.2 Å². The predicted octanol–water partition coefficient (Wildman–Crippen LogP) is 2.12. The van der Waals surface area contributed by atoms with Gasteiger partial charge >= 0.3 is 0 Å². The number of H-pyrrole nitrogens is 1. The lowest BCUT2D eigenvalue weighted by Crippen LogP contribution is -2.42. The number of anilines is 2. The maximum absolute atomic E-state index is 12.9. The fourth-order valence-electron chi connectivity index (χ4n) is 5.85. The number of nitrogens with zero attached hydrogens (tertiary/aromatic N) is 2. The second-order valence-corrected chi connectivity index (χ2v) is 10.2. The molecular weight excluding hydrogens is 472 g/mol. The number of hydroxylamine groups is 1. The van der Waals surface area contributed by atoms with Crippen molar-refractivity contribution in [3.05, 3.63) is 34.2 Å². The van der Waals surface area contributed by atoms with E-state index in [1.807, 2.05) is 37.5 Å². The van der Waals surface area contributed by atoms with Gasteiger partial charge in [0.15, 0.2) is 5.69 Å². The van der Waals surface area contributed by atoms with Crippen molar-refractivity contribution in [3.63, 3.8) is 0 Å². The normalized spacial score (nSPS) is 18.6. The second-order valence-electron chi connectivity index (χ2n) is 10.2. The molecule has 2 aromatic rings. The van der Waals surface area contributed by atoms with Crippen molar-refractivity contribution >= 4 is 23.0 Å². The predicted molar refractivity (Wildman–Crippen MR) is 143 cm³/mol. The SMILES string of the molecule is CCCC(=[NH2+])c1nc(-c2cc(N3CCC4(CCC(C(=O)NO)C4)CC3)ccc2OCC)[nH]c(=O)c1NC. The summed E-state index contributed by atoms with van der Waals surface area (Å²) in [7, 11) is 1.69. The Morgan fingerprint density at radius 3 is 2.70 bits per heavy atom. The van der Waals surface area contributed by atoms with Gasteiger partial charge < -0.3 is 19.9 Å². The molecule has 2 fully saturated rings. The third-order valence-corrected chi connectivity index (χ3v) is 7.88. The molecule has 1 aliphatic carbocycles. The van der Waals surface area contributed by atoms with Gasteiger partial charge in [-0.15, -0.1) is 0 Å². The summed E-state index contributed by atoms with van der Waals surface area (Å²) in [4.78, 5) is 34.9. The molecule has 37 heavy (non-hydrogen) atoms. The Morgan fingerprint density at radius 2 is 2.05 bits per heavy atom. The smallest absolute Gasteiger partial charge is 0.275 e. The minimum atomic E-state index is -0.281. The van der Waals surface area contributed by atoms with Gasteiger partial charge in [-0.1, -0.05) is 6.92 Å². The molecule has 1 aromatic carbocycles. The highest BCUT2D eigenvalue weighted by Gasteiger charge is 2.43. The zero-order valence-corrected chi connectivity index (χ0v) is 22.0. The van der Waals surface area contributed by atoms with E-state index in [-0.39, 0.29) is 22.8 Å². The summed E-state index contributed by atoms with van der Waals surface area (Å²) >= 11 is 0. The Bertz CT molecular complexity index is 1200. The number of aromatic amines is 1. The number of aromatic nitrogens is 2. The summed E-state index contributed by atoms with van der Waals surface area (Å²) in [6.07, 6.45) is 6.12. The highest BCUT2D eigenvalue weighted by molar-refractivity contribution is 5.99. The molecule has 1 saturated carbocycles. The summed E-state index contributed by atoms with van der Waals surface area (Å²) in [6, 6.07) is 6.00. The van der Waals surface area contributed by atoms with Crippen LogP contribution in [0.25, 0.3) is 11.4 Å². The van der Waals surface area contributed by atoms with E-state index in [9.17, 15) is 9.59 Å². The van der Waals surface area contributed by atoms with E-state index in [1.165, 1.54) is 0 Å². The van der Waals surface area contributed by atoms with Crippen LogP contribution in [0.3, 0.4) is 0 Å². The fourth-order valence-corrected chi connectivity index (χ4v) is 5.85. The molecule has 1 aromatic heterocycles. The molecule has 0 radical (unpaired) electrons. The monoisotopic (exact) mass is 511 g/mol. The Kier molecular flexibility index (Phi) is 8.16. The third-order valence-electron chi connectivity index (χ3n) is 7.88. The van der Waals surface area contributed by atoms with E-state index in [2.05, 4.69) is 15.2 Å². The van der Waals surface area contributed by atoms with Gasteiger partial charge in [0.1, 0.15) is 17.3 Å². The summed E-state index contributed by atoms with van der Waals surface area (Å²) in [5.74, 6) is 0.694. The minimum Gasteiger partial charge on any atom is -0.493 e. The first-order valence-electron chi connectivity index (χ1n) is 13.2. The first-order chi connectivity index (χ1) is 17.8. The molecule has 1 saturated heterocycles. The van der Waals surface area contributed by atoms with Gasteiger partial charge in [-0.05, 0) is 69.1 Å². The van der Waals surface area contributed by atoms with Crippen molar-refractivity contribution in [3.8, 4) is 17.1 Å². The number of amides is 1. The highest BCUT2D eigenvalue weighted by atomic mass is 16.5. The first kappa shape index (κ1) is 26.7. The lowest BCUT2D eigenvalue weighted by Gasteiger charge is -2.40. The molecule has 1 spiro atoms. The molecule has 1 atom stereocenters. The van der Waals surface area contributed by atoms with Gasteiger partial charge in [0.25, 0.3) is 5.56 Å². The van der Waals surface area contributed by atoms with E-state index in [0.717, 1.165) is 57.3 Å². The molecule has 1 aliphatic heterocycles. The Labute approximate surface area is 217 Å². The van der Waals surface area contributed by atoms with Crippen LogP contribution in [0.4, 0.5) is 11.4 Å². The quantitative estimate of drug-likeness (QED) is 0.197. The summed E-state index contributed by atoms with van der Waals surface area (Å²) in [5.41, 5.74) is 4.84. The zero-order valence-electron chi connectivity index (χ0n) is 22.0. The van der Waals surface area contributed by atoms with Crippen molar-refractivity contribution in [2.24, 2.45) is 11.3 Å². The second kappa shape index (κ2) is 11.3. The molecule has 10 nitrogen and oxygen atoms in total. The number of ether oxygens (including phenoxy) is 1. The van der Waals surface area contributed by atoms with Gasteiger partial charge in [-0.2, -0.15) is 0 Å². The third kappa shape index (κ3) is 5.49. The maximum atomic E-state index is 12.9. The number of hydrogen-bond acceptors (Lipinski definition) is 7. The zero-order chi connectivity index (χ0) is 26.6. The summed E-state index contributed by atoms with van der Waals surface area (Å²) in [6.45, 7) is 6.17. The van der Waals surface area contributed by atoms with Crippen LogP contribution in [0.5, 0.6) is 5.75 Å². The highest BCUT2D eigenvalue weighted by Crippen LogP contribution is 2.49. The van der Waals surface area contributed by atoms with E-state index < -0.39 is 0 Å². The average Bonchev–Trinajstić information content (AvgIpc) is 3.32. The van der Waals surface area contributed by atoms with Crippen molar-refractivity contribution in [2.45, 2.75) is 58.8 Å². The van der Waals surface area contributed by atoms with Crippen LogP contribution in [0.2, 0.25) is 0 Å². The lowest BCUT2D eigenvalue weighted by molar-refractivity contribution is -0.133. The number of nitrogens with one attached hydrogen (secondary N) is 3. The Hall–Kier alpha value is -3.40. The number of piperidine rings is 1. The van der Waals surface area contributed by atoms with Crippen LogP contribution < -0.4 is 31.4 Å². The Morgan fingerprint density at radius 1 is 1.30 bits per heavy atom. The van der Waals surface area contributed by atoms with Crippen LogP contribution in [0.15, 0.2) is 23.0 Å². The molecule has 1 amide bonds. The van der Waals surface area contributed by atoms with Gasteiger partial charge in [-0.3, -0.25) is 20.2 Å². The number of rotatable bonds is 9. The molecule has 6 N–H and O–H groups in total. The largest absolute Gasteiger partial charge is 0.493 e. The van der Waals surface area contributed by atoms with Crippen LogP contribution in [-0.2, 0) is 4.79 Å².